The lowest BCUT2D eigenvalue weighted by Gasteiger charge is -2.39. The van der Waals surface area contributed by atoms with Crippen LogP contribution in [-0.2, 0) is 32.9 Å². The summed E-state index contributed by atoms with van der Waals surface area (Å²) in [4.78, 5) is 79.8. The summed E-state index contributed by atoms with van der Waals surface area (Å²) in [5.41, 5.74) is 10.7. The summed E-state index contributed by atoms with van der Waals surface area (Å²) in [5, 5.41) is 38.2. The summed E-state index contributed by atoms with van der Waals surface area (Å²) in [6.07, 6.45) is 18.4. The molecule has 29 nitrogen and oxygen atoms in total. The fraction of sp³-hybridized carbons (Fsp3) is 0.423. The number of aliphatic hydroxyl groups is 1. The molecule has 0 saturated carbocycles. The monoisotopic (exact) mass is 1840 g/mol. The maximum Gasteiger partial charge on any atom is 0.277 e. The van der Waals surface area contributed by atoms with E-state index in [2.05, 4.69) is 111 Å². The van der Waals surface area contributed by atoms with Crippen LogP contribution in [-0.4, -0.2) is 207 Å². The minimum Gasteiger partial charge on any atom is -0.493 e. The Kier molecular flexibility index (Phi) is 26.6. The van der Waals surface area contributed by atoms with Gasteiger partial charge in [-0.1, -0.05) is 92.7 Å². The quantitative estimate of drug-likeness (QED) is 0.0277. The highest BCUT2D eigenvalue weighted by Gasteiger charge is 2.39. The van der Waals surface area contributed by atoms with E-state index in [0.717, 1.165) is 168 Å². The number of benzene rings is 6. The Hall–Kier alpha value is -11.0. The summed E-state index contributed by atoms with van der Waals surface area (Å²) in [5.74, 6) is -0.786. The summed E-state index contributed by atoms with van der Waals surface area (Å²) in [7, 11) is -9.26. The van der Waals surface area contributed by atoms with Crippen molar-refractivity contribution in [3.63, 3.8) is 0 Å². The molecule has 10 heterocycles. The number of pyridine rings is 2. The number of H-pyrrole nitrogens is 2. The SMILES string of the molecule is CC1(C)CCC(CN2CCN(c3ccc(C(=O)NS(=O)(=O)c4cc5c(c([N+](=O)[O-])c4)C[C@H](CN4CCC(C)(O)CC4)CO5)c(Oc4cnc5[nH]ccc5c4)c3)CC2)=C(c2ccc(Cl)cc2)C1.CC1(C)CCC(CN2CCN(c3ccc(C(=O)NS(=O)(=O)c4cc5c(c([N+](=O)[O-])c4)C[C@H](CN4CCCCC4)CO5)c(Oc4cnc5[nH]ccc5c4)c3)CC2)=C(c2ccc(Cl)cc2)C1. The molecule has 8 aliphatic rings. The Bertz CT molecular complexity index is 6250. The van der Waals surface area contributed by atoms with Gasteiger partial charge in [-0.05, 0) is 203 Å². The molecule has 684 valence electrons. The maximum absolute atomic E-state index is 14.1. The third-order valence-electron chi connectivity index (χ3n) is 26.8. The molecule has 33 heteroatoms. The number of halogens is 2. The van der Waals surface area contributed by atoms with Gasteiger partial charge in [0.2, 0.25) is 0 Å². The highest BCUT2D eigenvalue weighted by Crippen LogP contribution is 2.48. The van der Waals surface area contributed by atoms with Crippen LogP contribution in [0.2, 0.25) is 10.0 Å². The topological polar surface area (TPSA) is 347 Å². The number of carbonyl (C=O) groups excluding carboxylic acids is 2. The molecular formula is C97H110Cl2N14O15S2. The second-order valence-corrected chi connectivity index (χ2v) is 42.0. The summed E-state index contributed by atoms with van der Waals surface area (Å²) in [6, 6.07) is 38.3. The molecule has 2 amide bonds. The fourth-order valence-corrected chi connectivity index (χ4v) is 21.6. The standard InChI is InChI=1S/C49H56ClN7O8S.C48H54ClN7O7S/c1-48(2)12-10-35(42(27-48)33-4-6-36(50)7-5-33)30-55-18-20-56(21-19-55)37-8-9-40(45(24-37)65-38-23-34-11-15-51-46(34)52-28-38)47(58)53-66(62,63)39-25-43(57(60)61)41-22-32(31-64-44(41)26-39)29-54-16-13-49(3,59)14-17-54;1-48(2)14-12-35(42(27-48)33-6-8-36(49)9-7-33)30-54-18-20-55(21-19-54)37-10-11-40(45(24-37)63-38-23-34-13-15-50-46(34)51-28-38)47(57)52-64(60,61)39-25-43(56(58)59)41-22-32(31-62-44(41)26-39)29-53-16-4-3-5-17-53/h4-9,11,15,23-26,28,32,59H,10,12-14,16-22,27,29-31H2,1-3H3,(H,51,52)(H,53,58);6-11,13,15,23-26,28,32H,3-5,12,14,16-22,27,29-31H2,1-2H3,(H,50,51)(H,52,57)/t2*32-/m11/s1. The number of allylic oxidation sites excluding steroid dienone is 2. The first kappa shape index (κ1) is 90.9. The summed E-state index contributed by atoms with van der Waals surface area (Å²) in [6.45, 7) is 24.4. The van der Waals surface area contributed by atoms with E-state index in [-0.39, 0.29) is 69.1 Å². The van der Waals surface area contributed by atoms with Gasteiger partial charge >= 0.3 is 0 Å². The number of anilines is 2. The van der Waals surface area contributed by atoms with Crippen LogP contribution in [0.5, 0.6) is 34.5 Å². The zero-order valence-electron chi connectivity index (χ0n) is 73.8. The van der Waals surface area contributed by atoms with Crippen LogP contribution in [0.4, 0.5) is 22.7 Å². The predicted molar refractivity (Wildman–Crippen MR) is 502 cm³/mol. The Morgan fingerprint density at radius 2 is 0.923 bits per heavy atom. The zero-order valence-corrected chi connectivity index (χ0v) is 76.9. The minimum atomic E-state index is -4.65. The van der Waals surface area contributed by atoms with Crippen molar-refractivity contribution >= 4 is 111 Å². The van der Waals surface area contributed by atoms with E-state index in [1.54, 1.807) is 60.9 Å². The van der Waals surface area contributed by atoms with Crippen molar-refractivity contribution < 1.29 is 60.3 Å². The molecule has 2 atom stereocenters. The molecule has 10 aromatic rings. The number of aromatic nitrogens is 4. The maximum atomic E-state index is 14.1. The van der Waals surface area contributed by atoms with Crippen molar-refractivity contribution in [2.45, 2.75) is 133 Å². The molecule has 0 unspecified atom stereocenters. The highest BCUT2D eigenvalue weighted by molar-refractivity contribution is 7.90. The number of nitro groups is 2. The van der Waals surface area contributed by atoms with Crippen molar-refractivity contribution in [3.8, 4) is 34.5 Å². The first-order valence-corrected chi connectivity index (χ1v) is 48.5. The summed E-state index contributed by atoms with van der Waals surface area (Å²) >= 11 is 12.5. The zero-order chi connectivity index (χ0) is 91.0. The normalized spacial score (nSPS) is 19.8. The summed E-state index contributed by atoms with van der Waals surface area (Å²) < 4.78 is 84.8. The number of hydrogen-bond acceptors (Lipinski definition) is 23. The van der Waals surface area contributed by atoms with Gasteiger partial charge < -0.3 is 53.6 Å². The fourth-order valence-electron chi connectivity index (χ4n) is 19.4. The molecule has 0 spiro atoms. The second-order valence-electron chi connectivity index (χ2n) is 37.8. The van der Waals surface area contributed by atoms with Crippen LogP contribution < -0.4 is 38.2 Å². The molecule has 4 aromatic heterocycles. The van der Waals surface area contributed by atoms with E-state index >= 15 is 0 Å². The number of hydrogen-bond donors (Lipinski definition) is 5. The lowest BCUT2D eigenvalue weighted by Crippen LogP contribution is -2.47. The molecule has 6 aromatic carbocycles. The number of aromatic amines is 2. The van der Waals surface area contributed by atoms with Crippen molar-refractivity contribution in [1.82, 2.24) is 49.0 Å². The Morgan fingerprint density at radius 1 is 0.515 bits per heavy atom. The number of sulfonamides is 2. The number of ether oxygens (including phenoxy) is 4. The molecule has 5 N–H and O–H groups in total. The first-order chi connectivity index (χ1) is 62.2. The molecule has 6 aliphatic heterocycles. The largest absolute Gasteiger partial charge is 0.493 e. The molecule has 18 rings (SSSR count). The minimum absolute atomic E-state index is 0.0332. The Morgan fingerprint density at radius 3 is 1.33 bits per heavy atom. The number of piperazine rings is 2. The average Bonchev–Trinajstić information content (AvgIpc) is 0.932. The number of nitrogens with zero attached hydrogens (tertiary/aromatic N) is 10. The van der Waals surface area contributed by atoms with Gasteiger partial charge in [0.05, 0.1) is 73.1 Å². The van der Waals surface area contributed by atoms with Crippen molar-refractivity contribution in [2.75, 3.05) is 128 Å². The number of carbonyl (C=O) groups is 2. The van der Waals surface area contributed by atoms with Gasteiger partial charge in [0, 0.05) is 184 Å². The number of rotatable bonds is 24. The molecule has 0 bridgehead atoms. The van der Waals surface area contributed by atoms with Gasteiger partial charge in [0.15, 0.2) is 0 Å². The van der Waals surface area contributed by atoms with Crippen LogP contribution in [0.25, 0.3) is 33.2 Å². The van der Waals surface area contributed by atoms with E-state index in [4.69, 9.17) is 42.1 Å². The third kappa shape index (κ3) is 21.4. The molecule has 0 radical (unpaired) electrons. The number of amides is 2. The lowest BCUT2D eigenvalue weighted by atomic mass is 9.72. The van der Waals surface area contributed by atoms with Gasteiger partial charge in [-0.25, -0.2) is 36.2 Å². The van der Waals surface area contributed by atoms with E-state index in [9.17, 15) is 51.8 Å². The van der Waals surface area contributed by atoms with Crippen LogP contribution in [0, 0.1) is 42.9 Å². The van der Waals surface area contributed by atoms with E-state index in [1.807, 2.05) is 43.3 Å². The van der Waals surface area contributed by atoms with Crippen LogP contribution in [0.3, 0.4) is 0 Å². The smallest absolute Gasteiger partial charge is 0.277 e. The van der Waals surface area contributed by atoms with Gasteiger partial charge in [0.1, 0.15) is 45.8 Å². The number of nitro benzene ring substituents is 2. The lowest BCUT2D eigenvalue weighted by molar-refractivity contribution is -0.386. The third-order valence-corrected chi connectivity index (χ3v) is 29.9. The van der Waals surface area contributed by atoms with Gasteiger partial charge in [0.25, 0.3) is 43.2 Å². The van der Waals surface area contributed by atoms with Crippen LogP contribution in [0.1, 0.15) is 148 Å². The van der Waals surface area contributed by atoms with E-state index < -0.39 is 62.8 Å². The van der Waals surface area contributed by atoms with Gasteiger partial charge in [-0.15, -0.1) is 0 Å². The first-order valence-electron chi connectivity index (χ1n) is 44.8. The number of piperidine rings is 2. The number of likely N-dealkylation sites (tertiary alicyclic amines) is 2. The molecule has 130 heavy (non-hydrogen) atoms. The van der Waals surface area contributed by atoms with Crippen molar-refractivity contribution in [2.24, 2.45) is 22.7 Å². The second kappa shape index (κ2) is 38.1. The van der Waals surface area contributed by atoms with E-state index in [1.165, 1.54) is 64.4 Å². The Balaban J connectivity index is 0.000000182. The molecule has 4 fully saturated rings. The van der Waals surface area contributed by atoms with Gasteiger partial charge in [-0.3, -0.25) is 39.6 Å². The highest BCUT2D eigenvalue weighted by atomic mass is 35.5. The van der Waals surface area contributed by atoms with Crippen LogP contribution >= 0.6 is 23.2 Å². The number of nitrogens with one attached hydrogen (secondary N) is 4. The predicted octanol–water partition coefficient (Wildman–Crippen LogP) is 17.1. The number of fused-ring (bicyclic) bond motifs is 4. The molecule has 4 saturated heterocycles. The Labute approximate surface area is 766 Å². The molecular weight excluding hydrogens is 1740 g/mol. The van der Waals surface area contributed by atoms with Crippen molar-refractivity contribution in [3.05, 3.63) is 233 Å². The average molecular weight is 1850 g/mol. The van der Waals surface area contributed by atoms with Crippen LogP contribution in [0.15, 0.2) is 179 Å². The van der Waals surface area contributed by atoms with Gasteiger partial charge in [-0.2, -0.15) is 0 Å². The van der Waals surface area contributed by atoms with Crippen molar-refractivity contribution in [1.29, 1.82) is 0 Å². The van der Waals surface area contributed by atoms with E-state index in [0.29, 0.717) is 98.9 Å². The molecule has 2 aliphatic carbocycles.